The molecule has 10 heavy (non-hydrogen) atoms. The Morgan fingerprint density at radius 1 is 1.70 bits per heavy atom. The summed E-state index contributed by atoms with van der Waals surface area (Å²) in [7, 11) is 1.92. The first-order valence-corrected chi connectivity index (χ1v) is 3.37. The molecule has 56 valence electrons. The second-order valence-corrected chi connectivity index (χ2v) is 2.60. The first-order valence-electron chi connectivity index (χ1n) is 3.37. The molecule has 0 aliphatic heterocycles. The molecule has 1 rings (SSSR count). The van der Waals surface area contributed by atoms with E-state index in [1.54, 1.807) is 0 Å². The van der Waals surface area contributed by atoms with Crippen LogP contribution in [0.15, 0.2) is 6.20 Å². The predicted octanol–water partition coefficient (Wildman–Crippen LogP) is 0.748. The van der Waals surface area contributed by atoms with Crippen LogP contribution in [0.3, 0.4) is 0 Å². The minimum Gasteiger partial charge on any atom is -0.324 e. The Balaban J connectivity index is 3.05. The minimum absolute atomic E-state index is 0.0914. The van der Waals surface area contributed by atoms with Crippen LogP contribution in [0, 0.1) is 6.92 Å². The van der Waals surface area contributed by atoms with Crippen molar-refractivity contribution in [2.24, 2.45) is 12.8 Å². The van der Waals surface area contributed by atoms with Crippen molar-refractivity contribution in [2.45, 2.75) is 19.9 Å². The second-order valence-electron chi connectivity index (χ2n) is 2.60. The summed E-state index contributed by atoms with van der Waals surface area (Å²) >= 11 is 0. The van der Waals surface area contributed by atoms with Crippen molar-refractivity contribution in [3.8, 4) is 0 Å². The Labute approximate surface area is 60.8 Å². The smallest absolute Gasteiger partial charge is 0.0540 e. The Morgan fingerprint density at radius 2 is 2.30 bits per heavy atom. The summed E-state index contributed by atoms with van der Waals surface area (Å²) in [4.78, 5) is 0. The van der Waals surface area contributed by atoms with Gasteiger partial charge in [0, 0.05) is 24.3 Å². The van der Waals surface area contributed by atoms with E-state index in [-0.39, 0.29) is 6.04 Å². The summed E-state index contributed by atoms with van der Waals surface area (Å²) in [5.74, 6) is 0. The molecule has 3 heteroatoms. The zero-order valence-corrected chi connectivity index (χ0v) is 6.63. The monoisotopic (exact) mass is 139 g/mol. The van der Waals surface area contributed by atoms with Gasteiger partial charge in [0.1, 0.15) is 0 Å². The highest BCUT2D eigenvalue weighted by Crippen LogP contribution is 2.12. The Kier molecular flexibility index (Phi) is 1.76. The van der Waals surface area contributed by atoms with Crippen LogP contribution in [0.4, 0.5) is 0 Å². The quantitative estimate of drug-likeness (QED) is 0.624. The molecule has 0 bridgehead atoms. The Bertz CT molecular complexity index is 225. The third-order valence-electron chi connectivity index (χ3n) is 1.76. The standard InChI is InChI=1S/C7H13N3/c1-5(8)7-4-9-10(3)6(7)2/h4-5H,8H2,1-3H3. The SMILES string of the molecule is Cc1c(C(C)N)cnn1C. The highest BCUT2D eigenvalue weighted by Gasteiger charge is 2.06. The topological polar surface area (TPSA) is 43.8 Å². The van der Waals surface area contributed by atoms with Crippen LogP contribution in [0.1, 0.15) is 24.2 Å². The molecule has 1 atom stereocenters. The van der Waals surface area contributed by atoms with E-state index in [4.69, 9.17) is 5.73 Å². The Morgan fingerprint density at radius 3 is 2.50 bits per heavy atom. The lowest BCUT2D eigenvalue weighted by Crippen LogP contribution is -2.06. The zero-order valence-electron chi connectivity index (χ0n) is 6.63. The van der Waals surface area contributed by atoms with E-state index in [1.807, 2.05) is 31.8 Å². The van der Waals surface area contributed by atoms with Gasteiger partial charge in [-0.1, -0.05) is 0 Å². The molecule has 1 heterocycles. The van der Waals surface area contributed by atoms with E-state index in [9.17, 15) is 0 Å². The fraction of sp³-hybridized carbons (Fsp3) is 0.571. The van der Waals surface area contributed by atoms with E-state index >= 15 is 0 Å². The number of aryl methyl sites for hydroxylation is 1. The van der Waals surface area contributed by atoms with Crippen molar-refractivity contribution < 1.29 is 0 Å². The average molecular weight is 139 g/mol. The van der Waals surface area contributed by atoms with Crippen LogP contribution in [0.25, 0.3) is 0 Å². The summed E-state index contributed by atoms with van der Waals surface area (Å²) in [6, 6.07) is 0.0914. The lowest BCUT2D eigenvalue weighted by Gasteiger charge is -2.02. The molecular weight excluding hydrogens is 126 g/mol. The first kappa shape index (κ1) is 7.28. The zero-order chi connectivity index (χ0) is 7.72. The summed E-state index contributed by atoms with van der Waals surface area (Å²) in [6.45, 7) is 3.98. The normalized spacial score (nSPS) is 13.6. The molecule has 0 saturated heterocycles. The average Bonchev–Trinajstić information content (AvgIpc) is 2.14. The van der Waals surface area contributed by atoms with Crippen molar-refractivity contribution in [2.75, 3.05) is 0 Å². The lowest BCUT2D eigenvalue weighted by atomic mass is 10.1. The highest BCUT2D eigenvalue weighted by atomic mass is 15.3. The molecule has 3 nitrogen and oxygen atoms in total. The van der Waals surface area contributed by atoms with E-state index in [0.717, 1.165) is 11.3 Å². The lowest BCUT2D eigenvalue weighted by molar-refractivity contribution is 0.730. The van der Waals surface area contributed by atoms with Crippen molar-refractivity contribution in [3.05, 3.63) is 17.5 Å². The number of hydrogen-bond acceptors (Lipinski definition) is 2. The number of nitrogens with zero attached hydrogens (tertiary/aromatic N) is 2. The third-order valence-corrected chi connectivity index (χ3v) is 1.76. The van der Waals surface area contributed by atoms with Crippen molar-refractivity contribution in [1.29, 1.82) is 0 Å². The molecule has 0 amide bonds. The van der Waals surface area contributed by atoms with Crippen LogP contribution >= 0.6 is 0 Å². The summed E-state index contributed by atoms with van der Waals surface area (Å²) in [5.41, 5.74) is 7.95. The van der Waals surface area contributed by atoms with E-state index in [2.05, 4.69) is 5.10 Å². The molecule has 0 aromatic carbocycles. The van der Waals surface area contributed by atoms with Gasteiger partial charge in [-0.15, -0.1) is 0 Å². The summed E-state index contributed by atoms with van der Waals surface area (Å²) in [6.07, 6.45) is 1.82. The maximum atomic E-state index is 5.67. The van der Waals surface area contributed by atoms with Gasteiger partial charge in [-0.05, 0) is 13.8 Å². The second kappa shape index (κ2) is 2.42. The minimum atomic E-state index is 0.0914. The van der Waals surface area contributed by atoms with Gasteiger partial charge in [0.15, 0.2) is 0 Å². The van der Waals surface area contributed by atoms with E-state index in [0.29, 0.717) is 0 Å². The first-order chi connectivity index (χ1) is 4.63. The fourth-order valence-electron chi connectivity index (χ4n) is 0.963. The van der Waals surface area contributed by atoms with Crippen LogP contribution in [-0.2, 0) is 7.05 Å². The maximum absolute atomic E-state index is 5.67. The van der Waals surface area contributed by atoms with Gasteiger partial charge < -0.3 is 5.73 Å². The molecule has 0 aliphatic rings. The van der Waals surface area contributed by atoms with Crippen molar-refractivity contribution in [3.63, 3.8) is 0 Å². The molecule has 0 aliphatic carbocycles. The van der Waals surface area contributed by atoms with Crippen LogP contribution in [-0.4, -0.2) is 9.78 Å². The molecule has 0 radical (unpaired) electrons. The predicted molar refractivity (Wildman–Crippen MR) is 40.5 cm³/mol. The van der Waals surface area contributed by atoms with Gasteiger partial charge in [-0.2, -0.15) is 5.10 Å². The molecule has 0 spiro atoms. The van der Waals surface area contributed by atoms with Gasteiger partial charge in [-0.3, -0.25) is 4.68 Å². The number of nitrogens with two attached hydrogens (primary N) is 1. The van der Waals surface area contributed by atoms with Crippen LogP contribution in [0.2, 0.25) is 0 Å². The maximum Gasteiger partial charge on any atom is 0.0540 e. The van der Waals surface area contributed by atoms with E-state index in [1.165, 1.54) is 0 Å². The molecule has 1 unspecified atom stereocenters. The van der Waals surface area contributed by atoms with Crippen LogP contribution < -0.4 is 5.73 Å². The summed E-state index contributed by atoms with van der Waals surface area (Å²) in [5, 5.41) is 4.07. The molecule has 0 fully saturated rings. The number of aromatic nitrogens is 2. The molecule has 1 aromatic rings. The van der Waals surface area contributed by atoms with E-state index < -0.39 is 0 Å². The highest BCUT2D eigenvalue weighted by molar-refractivity contribution is 5.18. The number of rotatable bonds is 1. The molecule has 0 saturated carbocycles. The van der Waals surface area contributed by atoms with Gasteiger partial charge in [0.05, 0.1) is 6.20 Å². The fourth-order valence-corrected chi connectivity index (χ4v) is 0.963. The van der Waals surface area contributed by atoms with Crippen LogP contribution in [0.5, 0.6) is 0 Å². The molecular formula is C7H13N3. The van der Waals surface area contributed by atoms with Gasteiger partial charge in [0.2, 0.25) is 0 Å². The largest absolute Gasteiger partial charge is 0.324 e. The van der Waals surface area contributed by atoms with Gasteiger partial charge in [0.25, 0.3) is 0 Å². The van der Waals surface area contributed by atoms with Crippen molar-refractivity contribution in [1.82, 2.24) is 9.78 Å². The van der Waals surface area contributed by atoms with Crippen molar-refractivity contribution >= 4 is 0 Å². The van der Waals surface area contributed by atoms with Gasteiger partial charge in [-0.25, -0.2) is 0 Å². The van der Waals surface area contributed by atoms with Gasteiger partial charge >= 0.3 is 0 Å². The summed E-state index contributed by atoms with van der Waals surface area (Å²) < 4.78 is 1.83. The molecule has 1 aromatic heterocycles. The Hall–Kier alpha value is -0.830. The number of hydrogen-bond donors (Lipinski definition) is 1. The third kappa shape index (κ3) is 1.04. The molecule has 2 N–H and O–H groups in total.